The van der Waals surface area contributed by atoms with Gasteiger partial charge in [0.2, 0.25) is 5.91 Å². The molecule has 0 aromatic heterocycles. The Kier molecular flexibility index (Phi) is 8.04. The largest absolute Gasteiger partial charge is 0.507 e. The molecule has 0 saturated heterocycles. The predicted octanol–water partition coefficient (Wildman–Crippen LogP) is 3.48. The van der Waals surface area contributed by atoms with Crippen molar-refractivity contribution in [3.63, 3.8) is 0 Å². The van der Waals surface area contributed by atoms with Gasteiger partial charge < -0.3 is 15.3 Å². The monoisotopic (exact) mass is 449 g/mol. The molecule has 31 heavy (non-hydrogen) atoms. The van der Waals surface area contributed by atoms with E-state index in [2.05, 4.69) is 0 Å². The third kappa shape index (κ3) is 6.21. The highest BCUT2D eigenvalue weighted by molar-refractivity contribution is 7.90. The van der Waals surface area contributed by atoms with Crippen LogP contribution in [0, 0.1) is 6.92 Å². The Labute approximate surface area is 181 Å². The summed E-state index contributed by atoms with van der Waals surface area (Å²) in [4.78, 5) is 22.2. The Morgan fingerprint density at radius 2 is 1.77 bits per heavy atom. The topological polar surface area (TPSA) is 141 Å². The van der Waals surface area contributed by atoms with Crippen LogP contribution in [0.5, 0.6) is 11.5 Å². The molecule has 0 saturated carbocycles. The number of amides is 1. The van der Waals surface area contributed by atoms with Crippen LogP contribution < -0.4 is 4.72 Å². The number of hydrogen-bond acceptors (Lipinski definition) is 6. The number of phenols is 2. The maximum absolute atomic E-state index is 13.0. The van der Waals surface area contributed by atoms with E-state index in [1.165, 1.54) is 6.07 Å². The highest BCUT2D eigenvalue weighted by Gasteiger charge is 2.29. The van der Waals surface area contributed by atoms with E-state index in [1.54, 1.807) is 18.2 Å². The molecule has 0 spiro atoms. The summed E-state index contributed by atoms with van der Waals surface area (Å²) in [6, 6.07) is 8.13. The second-order valence-corrected chi connectivity index (χ2v) is 8.98. The first-order valence-corrected chi connectivity index (χ1v) is 11.5. The molecule has 2 aromatic carbocycles. The van der Waals surface area contributed by atoms with Crippen LogP contribution in [-0.4, -0.2) is 35.6 Å². The van der Waals surface area contributed by atoms with Crippen molar-refractivity contribution in [1.29, 1.82) is 0 Å². The normalized spacial score (nSPS) is 11.3. The summed E-state index contributed by atoms with van der Waals surface area (Å²) in [5.74, 6) is -3.16. The highest BCUT2D eigenvalue weighted by Crippen LogP contribution is 2.44. The molecule has 0 aliphatic rings. The fourth-order valence-corrected chi connectivity index (χ4v) is 4.66. The standard InChI is InChI=1S/C22H27NO7S/c1-3-4-5-8-16-13-17(24)20(15-9-6-7-14(2)12-15)21(28)22(16)31(29,30)23-18(25)10-11-19(26)27/h6-7,9,12-13,24,28H,3-5,8,10-11H2,1-2H3,(H,23,25)(H,26,27). The number of carboxylic acid groups (broad SMARTS) is 1. The minimum absolute atomic E-state index is 0.0544. The van der Waals surface area contributed by atoms with Gasteiger partial charge in [0, 0.05) is 6.42 Å². The molecular formula is C22H27NO7S. The number of carboxylic acids is 1. The summed E-state index contributed by atoms with van der Waals surface area (Å²) in [6.45, 7) is 3.80. The molecule has 0 heterocycles. The van der Waals surface area contributed by atoms with E-state index in [1.807, 2.05) is 24.6 Å². The van der Waals surface area contributed by atoms with Crippen molar-refractivity contribution in [2.75, 3.05) is 0 Å². The first-order chi connectivity index (χ1) is 14.6. The number of rotatable bonds is 10. The number of aromatic hydroxyl groups is 2. The van der Waals surface area contributed by atoms with E-state index in [-0.39, 0.29) is 23.3 Å². The molecule has 0 aliphatic carbocycles. The van der Waals surface area contributed by atoms with Crippen LogP contribution in [0.25, 0.3) is 11.1 Å². The first kappa shape index (κ1) is 24.2. The van der Waals surface area contributed by atoms with Crippen molar-refractivity contribution in [1.82, 2.24) is 4.72 Å². The molecule has 0 bridgehead atoms. The summed E-state index contributed by atoms with van der Waals surface area (Å²) in [5.41, 5.74) is 1.39. The zero-order chi connectivity index (χ0) is 23.2. The summed E-state index contributed by atoms with van der Waals surface area (Å²) < 4.78 is 27.8. The number of aliphatic carboxylic acids is 1. The summed E-state index contributed by atoms with van der Waals surface area (Å²) in [7, 11) is -4.52. The van der Waals surface area contributed by atoms with Gasteiger partial charge in [0.25, 0.3) is 10.0 Å². The fourth-order valence-electron chi connectivity index (χ4n) is 3.30. The molecule has 0 fully saturated rings. The summed E-state index contributed by atoms with van der Waals surface area (Å²) in [6.07, 6.45) is 1.53. The van der Waals surface area contributed by atoms with Gasteiger partial charge in [-0.1, -0.05) is 49.6 Å². The molecule has 4 N–H and O–H groups in total. The number of benzene rings is 2. The second kappa shape index (κ2) is 10.3. The maximum atomic E-state index is 13.0. The average Bonchev–Trinajstić information content (AvgIpc) is 2.65. The Bertz CT molecular complexity index is 1080. The minimum atomic E-state index is -4.52. The van der Waals surface area contributed by atoms with Gasteiger partial charge in [-0.25, -0.2) is 13.1 Å². The molecular weight excluding hydrogens is 422 g/mol. The SMILES string of the molecule is CCCCCc1cc(O)c(-c2cccc(C)c2)c(O)c1S(=O)(=O)NC(=O)CCC(=O)O. The lowest BCUT2D eigenvalue weighted by Crippen LogP contribution is -2.31. The molecule has 1 amide bonds. The number of carbonyl (C=O) groups excluding carboxylic acids is 1. The van der Waals surface area contributed by atoms with Crippen LogP contribution in [0.15, 0.2) is 35.2 Å². The van der Waals surface area contributed by atoms with E-state index in [4.69, 9.17) is 5.11 Å². The predicted molar refractivity (Wildman–Crippen MR) is 115 cm³/mol. The molecule has 2 rings (SSSR count). The molecule has 168 valence electrons. The fraction of sp³-hybridized carbons (Fsp3) is 0.364. The zero-order valence-corrected chi connectivity index (χ0v) is 18.3. The smallest absolute Gasteiger partial charge is 0.303 e. The van der Waals surface area contributed by atoms with Crippen LogP contribution in [0.3, 0.4) is 0 Å². The highest BCUT2D eigenvalue weighted by atomic mass is 32.2. The minimum Gasteiger partial charge on any atom is -0.507 e. The van der Waals surface area contributed by atoms with Crippen molar-refractivity contribution in [3.05, 3.63) is 41.5 Å². The Balaban J connectivity index is 2.59. The number of aryl methyl sites for hydroxylation is 2. The van der Waals surface area contributed by atoms with Crippen LogP contribution in [-0.2, 0) is 26.0 Å². The lowest BCUT2D eigenvalue weighted by molar-refractivity contribution is -0.138. The maximum Gasteiger partial charge on any atom is 0.303 e. The number of carbonyl (C=O) groups is 2. The van der Waals surface area contributed by atoms with Crippen LogP contribution >= 0.6 is 0 Å². The van der Waals surface area contributed by atoms with E-state index in [9.17, 15) is 28.2 Å². The van der Waals surface area contributed by atoms with Crippen LogP contribution in [0.2, 0.25) is 0 Å². The molecule has 8 nitrogen and oxygen atoms in total. The van der Waals surface area contributed by atoms with Gasteiger partial charge in [0.15, 0.2) is 0 Å². The van der Waals surface area contributed by atoms with Gasteiger partial charge in [0.1, 0.15) is 16.4 Å². The lowest BCUT2D eigenvalue weighted by atomic mass is 9.97. The molecule has 9 heteroatoms. The Morgan fingerprint density at radius 1 is 1.06 bits per heavy atom. The van der Waals surface area contributed by atoms with Crippen molar-refractivity contribution >= 4 is 21.9 Å². The van der Waals surface area contributed by atoms with Crippen LogP contribution in [0.4, 0.5) is 0 Å². The summed E-state index contributed by atoms with van der Waals surface area (Å²) in [5, 5.41) is 30.2. The quantitative estimate of drug-likeness (QED) is 0.407. The Hall–Kier alpha value is -3.07. The molecule has 0 aliphatic heterocycles. The van der Waals surface area contributed by atoms with E-state index in [0.717, 1.165) is 18.4 Å². The van der Waals surface area contributed by atoms with Crippen molar-refractivity contribution in [2.45, 2.75) is 57.3 Å². The van der Waals surface area contributed by atoms with Gasteiger partial charge >= 0.3 is 5.97 Å². The van der Waals surface area contributed by atoms with Crippen molar-refractivity contribution in [3.8, 4) is 22.6 Å². The number of unbranched alkanes of at least 4 members (excludes halogenated alkanes) is 2. The third-order valence-corrected chi connectivity index (χ3v) is 6.24. The third-order valence-electron chi connectivity index (χ3n) is 4.75. The van der Waals surface area contributed by atoms with Gasteiger partial charge in [-0.05, 0) is 37.0 Å². The van der Waals surface area contributed by atoms with Crippen LogP contribution in [0.1, 0.15) is 50.2 Å². The van der Waals surface area contributed by atoms with E-state index >= 15 is 0 Å². The first-order valence-electron chi connectivity index (χ1n) is 9.99. The zero-order valence-electron chi connectivity index (χ0n) is 17.5. The Morgan fingerprint density at radius 3 is 2.39 bits per heavy atom. The van der Waals surface area contributed by atoms with Gasteiger partial charge in [0.05, 0.1) is 12.0 Å². The van der Waals surface area contributed by atoms with E-state index in [0.29, 0.717) is 12.0 Å². The second-order valence-electron chi connectivity index (χ2n) is 7.36. The van der Waals surface area contributed by atoms with Gasteiger partial charge in [-0.3, -0.25) is 9.59 Å². The number of sulfonamides is 1. The lowest BCUT2D eigenvalue weighted by Gasteiger charge is -2.18. The summed E-state index contributed by atoms with van der Waals surface area (Å²) >= 11 is 0. The average molecular weight is 450 g/mol. The number of phenolic OH excluding ortho intramolecular Hbond substituents is 2. The molecule has 0 radical (unpaired) electrons. The van der Waals surface area contributed by atoms with Crippen molar-refractivity contribution in [2.24, 2.45) is 0 Å². The number of nitrogens with one attached hydrogen (secondary N) is 1. The van der Waals surface area contributed by atoms with E-state index < -0.39 is 45.4 Å². The van der Waals surface area contributed by atoms with Gasteiger partial charge in [-0.15, -0.1) is 0 Å². The molecule has 0 atom stereocenters. The molecule has 2 aromatic rings. The molecule has 0 unspecified atom stereocenters. The van der Waals surface area contributed by atoms with Crippen molar-refractivity contribution < 1.29 is 33.3 Å². The van der Waals surface area contributed by atoms with Gasteiger partial charge in [-0.2, -0.15) is 0 Å². The number of hydrogen-bond donors (Lipinski definition) is 4.